The van der Waals surface area contributed by atoms with Crippen molar-refractivity contribution in [1.29, 1.82) is 0 Å². The van der Waals surface area contributed by atoms with Gasteiger partial charge in [-0.2, -0.15) is 0 Å². The molecule has 7 heteroatoms. The van der Waals surface area contributed by atoms with E-state index in [-0.39, 0.29) is 17.8 Å². The summed E-state index contributed by atoms with van der Waals surface area (Å²) < 4.78 is 5.42. The number of hydrogen-bond acceptors (Lipinski definition) is 5. The Bertz CT molecular complexity index is 595. The molecule has 1 aromatic carbocycles. The number of non-ortho nitro benzene ring substituents is 1. The third-order valence-corrected chi connectivity index (χ3v) is 3.95. The van der Waals surface area contributed by atoms with E-state index in [1.54, 1.807) is 17.0 Å². The molecule has 132 valence electrons. The van der Waals surface area contributed by atoms with Crippen LogP contribution in [-0.2, 0) is 11.3 Å². The highest BCUT2D eigenvalue weighted by Crippen LogP contribution is 2.18. The second-order valence-corrected chi connectivity index (χ2v) is 7.17. The van der Waals surface area contributed by atoms with Crippen LogP contribution in [0.3, 0.4) is 0 Å². The van der Waals surface area contributed by atoms with Gasteiger partial charge >= 0.3 is 6.09 Å². The lowest BCUT2D eigenvalue weighted by atomic mass is 10.1. The first-order valence-electron chi connectivity index (χ1n) is 8.11. The van der Waals surface area contributed by atoms with E-state index in [1.165, 1.54) is 12.1 Å². The van der Waals surface area contributed by atoms with Crippen LogP contribution in [0.1, 0.15) is 33.3 Å². The molecular weight excluding hydrogens is 310 g/mol. The van der Waals surface area contributed by atoms with Gasteiger partial charge in [-0.05, 0) is 33.3 Å². The van der Waals surface area contributed by atoms with Crippen LogP contribution in [0.25, 0.3) is 0 Å². The third-order valence-electron chi connectivity index (χ3n) is 3.95. The highest BCUT2D eigenvalue weighted by atomic mass is 16.6. The fourth-order valence-corrected chi connectivity index (χ4v) is 2.68. The van der Waals surface area contributed by atoms with E-state index in [2.05, 4.69) is 11.8 Å². The minimum atomic E-state index is -0.490. The fraction of sp³-hybridized carbons (Fsp3) is 0.588. The number of nitrogens with zero attached hydrogens (tertiary/aromatic N) is 3. The molecule has 1 unspecified atom stereocenters. The number of rotatable bonds is 3. The van der Waals surface area contributed by atoms with Crippen molar-refractivity contribution >= 4 is 11.8 Å². The summed E-state index contributed by atoms with van der Waals surface area (Å²) in [6.45, 7) is 10.3. The van der Waals surface area contributed by atoms with Gasteiger partial charge in [0.1, 0.15) is 5.60 Å². The molecular formula is C17H25N3O4. The van der Waals surface area contributed by atoms with Crippen LogP contribution < -0.4 is 0 Å². The van der Waals surface area contributed by atoms with Gasteiger partial charge in [-0.25, -0.2) is 4.79 Å². The Kier molecular flexibility index (Phi) is 5.43. The number of piperazine rings is 1. The number of nitro benzene ring substituents is 1. The van der Waals surface area contributed by atoms with Crippen molar-refractivity contribution in [2.24, 2.45) is 0 Å². The van der Waals surface area contributed by atoms with Crippen molar-refractivity contribution in [3.05, 3.63) is 39.9 Å². The maximum atomic E-state index is 12.1. The van der Waals surface area contributed by atoms with Crippen LogP contribution in [0.5, 0.6) is 0 Å². The number of benzene rings is 1. The lowest BCUT2D eigenvalue weighted by Crippen LogP contribution is -2.54. The lowest BCUT2D eigenvalue weighted by molar-refractivity contribution is -0.384. The predicted octanol–water partition coefficient (Wildman–Crippen LogP) is 3.04. The SMILES string of the molecule is CC1CN(C(=O)OC(C)(C)C)CCN1Cc1ccc([N+](=O)[O-])cc1. The number of carbonyl (C=O) groups excluding carboxylic acids is 1. The number of amides is 1. The largest absolute Gasteiger partial charge is 0.444 e. The minimum Gasteiger partial charge on any atom is -0.444 e. The molecule has 1 aliphatic rings. The molecule has 0 aliphatic carbocycles. The molecule has 0 spiro atoms. The number of nitro groups is 1. The molecule has 0 bridgehead atoms. The second-order valence-electron chi connectivity index (χ2n) is 7.17. The van der Waals surface area contributed by atoms with Gasteiger partial charge in [0.25, 0.3) is 5.69 Å². The molecule has 0 radical (unpaired) electrons. The third kappa shape index (κ3) is 4.92. The molecule has 0 saturated carbocycles. The maximum Gasteiger partial charge on any atom is 0.410 e. The van der Waals surface area contributed by atoms with Crippen molar-refractivity contribution in [3.8, 4) is 0 Å². The molecule has 1 saturated heterocycles. The van der Waals surface area contributed by atoms with Crippen LogP contribution in [-0.4, -0.2) is 52.1 Å². The monoisotopic (exact) mass is 335 g/mol. The van der Waals surface area contributed by atoms with E-state index in [4.69, 9.17) is 4.74 Å². The molecule has 1 aromatic rings. The average Bonchev–Trinajstić information content (AvgIpc) is 2.48. The summed E-state index contributed by atoms with van der Waals surface area (Å²) in [5, 5.41) is 10.7. The summed E-state index contributed by atoms with van der Waals surface area (Å²) in [5.41, 5.74) is 0.635. The Morgan fingerprint density at radius 2 is 1.92 bits per heavy atom. The molecule has 7 nitrogen and oxygen atoms in total. The van der Waals surface area contributed by atoms with E-state index in [9.17, 15) is 14.9 Å². The van der Waals surface area contributed by atoms with Gasteiger partial charge in [-0.15, -0.1) is 0 Å². The quantitative estimate of drug-likeness (QED) is 0.627. The standard InChI is InChI=1S/C17H25N3O4/c1-13-11-19(16(21)24-17(2,3)4)10-9-18(13)12-14-5-7-15(8-6-14)20(22)23/h5-8,13H,9-12H2,1-4H3. The first-order valence-corrected chi connectivity index (χ1v) is 8.11. The van der Waals surface area contributed by atoms with Crippen LogP contribution in [0, 0.1) is 10.1 Å². The van der Waals surface area contributed by atoms with Crippen molar-refractivity contribution in [2.75, 3.05) is 19.6 Å². The molecule has 1 atom stereocenters. The fourth-order valence-electron chi connectivity index (χ4n) is 2.68. The summed E-state index contributed by atoms with van der Waals surface area (Å²) in [4.78, 5) is 26.5. The van der Waals surface area contributed by atoms with Gasteiger partial charge in [-0.3, -0.25) is 15.0 Å². The Morgan fingerprint density at radius 3 is 2.42 bits per heavy atom. The van der Waals surface area contributed by atoms with Crippen LogP contribution >= 0.6 is 0 Å². The number of ether oxygens (including phenoxy) is 1. The Balaban J connectivity index is 1.91. The highest BCUT2D eigenvalue weighted by Gasteiger charge is 2.29. The number of carbonyl (C=O) groups is 1. The van der Waals surface area contributed by atoms with E-state index < -0.39 is 10.5 Å². The van der Waals surface area contributed by atoms with Gasteiger partial charge in [0, 0.05) is 44.4 Å². The minimum absolute atomic E-state index is 0.0987. The Labute approximate surface area is 142 Å². The number of hydrogen-bond donors (Lipinski definition) is 0. The van der Waals surface area contributed by atoms with Gasteiger partial charge in [0.15, 0.2) is 0 Å². The van der Waals surface area contributed by atoms with Gasteiger partial charge in [0.2, 0.25) is 0 Å². The van der Waals surface area contributed by atoms with Gasteiger partial charge in [0.05, 0.1) is 4.92 Å². The molecule has 0 aromatic heterocycles. The van der Waals surface area contributed by atoms with E-state index in [1.807, 2.05) is 20.8 Å². The average molecular weight is 335 g/mol. The summed E-state index contributed by atoms with van der Waals surface area (Å²) in [6.07, 6.45) is -0.274. The predicted molar refractivity (Wildman–Crippen MR) is 90.8 cm³/mol. The van der Waals surface area contributed by atoms with Crippen LogP contribution in [0.4, 0.5) is 10.5 Å². The maximum absolute atomic E-state index is 12.1. The second kappa shape index (κ2) is 7.17. The van der Waals surface area contributed by atoms with Crippen molar-refractivity contribution in [2.45, 2.75) is 45.9 Å². The van der Waals surface area contributed by atoms with E-state index >= 15 is 0 Å². The molecule has 1 aliphatic heterocycles. The van der Waals surface area contributed by atoms with Crippen LogP contribution in [0.15, 0.2) is 24.3 Å². The summed E-state index contributed by atoms with van der Waals surface area (Å²) in [5.74, 6) is 0. The zero-order chi connectivity index (χ0) is 17.9. The van der Waals surface area contributed by atoms with Gasteiger partial charge < -0.3 is 9.64 Å². The van der Waals surface area contributed by atoms with Crippen molar-refractivity contribution in [1.82, 2.24) is 9.80 Å². The Hall–Kier alpha value is -2.15. The van der Waals surface area contributed by atoms with Crippen LogP contribution in [0.2, 0.25) is 0 Å². The first kappa shape index (κ1) is 18.2. The van der Waals surface area contributed by atoms with Crippen molar-refractivity contribution in [3.63, 3.8) is 0 Å². The zero-order valence-corrected chi connectivity index (χ0v) is 14.7. The van der Waals surface area contributed by atoms with Gasteiger partial charge in [-0.1, -0.05) is 12.1 Å². The molecule has 0 N–H and O–H groups in total. The normalized spacial score (nSPS) is 19.2. The molecule has 1 fully saturated rings. The van der Waals surface area contributed by atoms with Crippen molar-refractivity contribution < 1.29 is 14.5 Å². The highest BCUT2D eigenvalue weighted by molar-refractivity contribution is 5.68. The van der Waals surface area contributed by atoms with E-state index in [0.717, 1.165) is 12.1 Å². The molecule has 1 amide bonds. The summed E-state index contributed by atoms with van der Waals surface area (Å²) in [7, 11) is 0. The molecule has 24 heavy (non-hydrogen) atoms. The topological polar surface area (TPSA) is 75.9 Å². The summed E-state index contributed by atoms with van der Waals surface area (Å²) >= 11 is 0. The zero-order valence-electron chi connectivity index (χ0n) is 14.7. The smallest absolute Gasteiger partial charge is 0.410 e. The summed E-state index contributed by atoms with van der Waals surface area (Å²) in [6, 6.07) is 6.81. The molecule has 2 rings (SSSR count). The van der Waals surface area contributed by atoms with E-state index in [0.29, 0.717) is 19.6 Å². The first-order chi connectivity index (χ1) is 11.2. The Morgan fingerprint density at radius 1 is 1.29 bits per heavy atom. The lowest BCUT2D eigenvalue weighted by Gasteiger charge is -2.40. The molecule has 1 heterocycles.